The van der Waals surface area contributed by atoms with Gasteiger partial charge in [-0.25, -0.2) is 4.79 Å². The van der Waals surface area contributed by atoms with E-state index in [-0.39, 0.29) is 17.4 Å². The number of carbonyl (C=O) groups excluding carboxylic acids is 3. The minimum absolute atomic E-state index is 0.107. The third kappa shape index (κ3) is 8.01. The van der Waals surface area contributed by atoms with E-state index in [2.05, 4.69) is 20.8 Å². The Labute approximate surface area is 229 Å². The van der Waals surface area contributed by atoms with E-state index in [1.807, 2.05) is 35.2 Å². The number of thioether (sulfide) groups is 1. The van der Waals surface area contributed by atoms with Crippen molar-refractivity contribution < 1.29 is 19.1 Å². The molecule has 1 aliphatic rings. The molecule has 2 aromatic carbocycles. The Balaban J connectivity index is 1.48. The molecule has 0 N–H and O–H groups in total. The number of nitrogens with zero attached hydrogens (tertiary/aromatic N) is 2. The summed E-state index contributed by atoms with van der Waals surface area (Å²) in [6.07, 6.45) is 4.63. The van der Waals surface area contributed by atoms with Gasteiger partial charge >= 0.3 is 5.97 Å². The summed E-state index contributed by atoms with van der Waals surface area (Å²) >= 11 is 6.73. The molecule has 2 aromatic rings. The van der Waals surface area contributed by atoms with E-state index in [4.69, 9.17) is 17.0 Å². The van der Waals surface area contributed by atoms with Gasteiger partial charge in [-0.05, 0) is 62.9 Å². The number of methoxy groups -OCH3 is 1. The average Bonchev–Trinajstić information content (AvgIpc) is 3.14. The lowest BCUT2D eigenvalue weighted by Crippen LogP contribution is -2.45. The highest BCUT2D eigenvalue weighted by Gasteiger charge is 2.31. The fourth-order valence-corrected chi connectivity index (χ4v) is 5.31. The number of rotatable bonds is 10. The Morgan fingerprint density at radius 3 is 2.32 bits per heavy atom. The summed E-state index contributed by atoms with van der Waals surface area (Å²) < 4.78 is 5.26. The quantitative estimate of drug-likeness (QED) is 0.159. The molecule has 1 heterocycles. The lowest BCUT2D eigenvalue weighted by Gasteiger charge is -2.36. The van der Waals surface area contributed by atoms with Crippen LogP contribution < -0.4 is 0 Å². The van der Waals surface area contributed by atoms with E-state index in [1.165, 1.54) is 18.9 Å². The monoisotopic (exact) mass is 538 g/mol. The fourth-order valence-electron chi connectivity index (χ4n) is 4.00. The van der Waals surface area contributed by atoms with Gasteiger partial charge in [0, 0.05) is 25.0 Å². The standard InChI is InChI=1S/C29H34N2O4S2/c1-29(2,3)31(20-22-11-7-5-8-12-22)25(32)13-9-6-10-18-30-26(33)24(37-28(30)36)19-21-14-16-23(17-15-21)27(34)35-4/h5,7-8,11-12,14-17,19H,6,9-10,13,18,20H2,1-4H3. The molecule has 0 radical (unpaired) electrons. The Bertz CT molecular complexity index is 1150. The van der Waals surface area contributed by atoms with Crippen molar-refractivity contribution in [2.24, 2.45) is 0 Å². The third-order valence-corrected chi connectivity index (χ3v) is 7.45. The van der Waals surface area contributed by atoms with Crippen LogP contribution in [0, 0.1) is 0 Å². The van der Waals surface area contributed by atoms with Gasteiger partial charge in [0.05, 0.1) is 17.6 Å². The van der Waals surface area contributed by atoms with Crippen LogP contribution in [-0.4, -0.2) is 51.1 Å². The average molecular weight is 539 g/mol. The van der Waals surface area contributed by atoms with Crippen molar-refractivity contribution in [3.05, 3.63) is 76.2 Å². The normalized spacial score (nSPS) is 14.8. The molecule has 0 atom stereocenters. The maximum Gasteiger partial charge on any atom is 0.337 e. The first-order valence-electron chi connectivity index (χ1n) is 12.4. The lowest BCUT2D eigenvalue weighted by atomic mass is 10.0. The second-order valence-electron chi connectivity index (χ2n) is 9.89. The summed E-state index contributed by atoms with van der Waals surface area (Å²) in [5.74, 6) is -0.366. The number of ether oxygens (including phenoxy) is 1. The number of esters is 1. The molecule has 37 heavy (non-hydrogen) atoms. The number of carbonyl (C=O) groups is 3. The van der Waals surface area contributed by atoms with Crippen LogP contribution in [0.15, 0.2) is 59.5 Å². The zero-order valence-electron chi connectivity index (χ0n) is 21.9. The molecule has 2 amide bonds. The molecular formula is C29H34N2O4S2. The third-order valence-electron chi connectivity index (χ3n) is 6.07. The van der Waals surface area contributed by atoms with Crippen molar-refractivity contribution >= 4 is 52.2 Å². The summed E-state index contributed by atoms with van der Waals surface area (Å²) in [6, 6.07) is 16.9. The van der Waals surface area contributed by atoms with Crippen LogP contribution in [0.5, 0.6) is 0 Å². The first-order valence-corrected chi connectivity index (χ1v) is 13.6. The van der Waals surface area contributed by atoms with E-state index < -0.39 is 5.97 Å². The van der Waals surface area contributed by atoms with Crippen LogP contribution in [0.1, 0.15) is 67.9 Å². The minimum Gasteiger partial charge on any atom is -0.465 e. The lowest BCUT2D eigenvalue weighted by molar-refractivity contribution is -0.137. The van der Waals surface area contributed by atoms with Gasteiger partial charge < -0.3 is 9.64 Å². The van der Waals surface area contributed by atoms with Crippen LogP contribution >= 0.6 is 24.0 Å². The molecule has 8 heteroatoms. The van der Waals surface area contributed by atoms with Crippen LogP contribution in [0.4, 0.5) is 0 Å². The molecule has 0 spiro atoms. The predicted molar refractivity (Wildman–Crippen MR) is 153 cm³/mol. The number of unbranched alkanes of at least 4 members (excludes halogenated alkanes) is 2. The first kappa shape index (κ1) is 28.6. The molecule has 3 rings (SSSR count). The van der Waals surface area contributed by atoms with Gasteiger partial charge in [0.15, 0.2) is 0 Å². The summed E-state index contributed by atoms with van der Waals surface area (Å²) in [5, 5.41) is 0. The van der Waals surface area contributed by atoms with Crippen LogP contribution in [0.3, 0.4) is 0 Å². The van der Waals surface area contributed by atoms with Gasteiger partial charge in [-0.3, -0.25) is 14.5 Å². The van der Waals surface area contributed by atoms with Crippen LogP contribution in [-0.2, 0) is 20.9 Å². The molecule has 0 unspecified atom stereocenters. The van der Waals surface area contributed by atoms with Gasteiger partial charge in [0.25, 0.3) is 5.91 Å². The first-order chi connectivity index (χ1) is 17.6. The van der Waals surface area contributed by atoms with E-state index in [0.29, 0.717) is 34.3 Å². The van der Waals surface area contributed by atoms with E-state index >= 15 is 0 Å². The Morgan fingerprint density at radius 2 is 1.70 bits per heavy atom. The van der Waals surface area contributed by atoms with Gasteiger partial charge in [-0.1, -0.05) is 72.9 Å². The zero-order valence-corrected chi connectivity index (χ0v) is 23.5. The van der Waals surface area contributed by atoms with Crippen LogP contribution in [0.25, 0.3) is 6.08 Å². The van der Waals surface area contributed by atoms with Gasteiger partial charge in [-0.2, -0.15) is 0 Å². The molecule has 1 saturated heterocycles. The van der Waals surface area contributed by atoms with Crippen molar-refractivity contribution in [2.45, 2.75) is 58.5 Å². The summed E-state index contributed by atoms with van der Waals surface area (Å²) in [7, 11) is 1.34. The number of amides is 2. The van der Waals surface area contributed by atoms with Gasteiger partial charge in [0.2, 0.25) is 5.91 Å². The molecule has 0 aromatic heterocycles. The van der Waals surface area contributed by atoms with E-state index in [9.17, 15) is 14.4 Å². The van der Waals surface area contributed by atoms with Crippen molar-refractivity contribution in [3.8, 4) is 0 Å². The maximum atomic E-state index is 13.0. The van der Waals surface area contributed by atoms with Crippen LogP contribution in [0.2, 0.25) is 0 Å². The highest BCUT2D eigenvalue weighted by Crippen LogP contribution is 2.33. The summed E-state index contributed by atoms with van der Waals surface area (Å²) in [4.78, 5) is 41.7. The van der Waals surface area contributed by atoms with Gasteiger partial charge in [-0.15, -0.1) is 0 Å². The molecule has 196 valence electrons. The highest BCUT2D eigenvalue weighted by molar-refractivity contribution is 8.26. The number of benzene rings is 2. The second-order valence-corrected chi connectivity index (χ2v) is 11.6. The molecule has 1 aliphatic heterocycles. The van der Waals surface area contributed by atoms with E-state index in [1.54, 1.807) is 35.2 Å². The largest absolute Gasteiger partial charge is 0.465 e. The molecular weight excluding hydrogens is 504 g/mol. The molecule has 0 aliphatic carbocycles. The fraction of sp³-hybridized carbons (Fsp3) is 0.379. The molecule has 0 saturated carbocycles. The summed E-state index contributed by atoms with van der Waals surface area (Å²) in [5.41, 5.74) is 2.12. The zero-order chi connectivity index (χ0) is 27.0. The molecule has 1 fully saturated rings. The van der Waals surface area contributed by atoms with Crippen molar-refractivity contribution in [1.82, 2.24) is 9.80 Å². The molecule has 6 nitrogen and oxygen atoms in total. The van der Waals surface area contributed by atoms with Crippen molar-refractivity contribution in [3.63, 3.8) is 0 Å². The summed E-state index contributed by atoms with van der Waals surface area (Å²) in [6.45, 7) is 7.31. The smallest absolute Gasteiger partial charge is 0.337 e. The van der Waals surface area contributed by atoms with Gasteiger partial charge in [0.1, 0.15) is 4.32 Å². The number of hydrogen-bond donors (Lipinski definition) is 0. The SMILES string of the molecule is COC(=O)c1ccc(C=C2SC(=S)N(CCCCCC(=O)N(Cc3ccccc3)C(C)(C)C)C2=O)cc1. The molecule has 0 bridgehead atoms. The Morgan fingerprint density at radius 1 is 1.03 bits per heavy atom. The van der Waals surface area contributed by atoms with Crippen molar-refractivity contribution in [1.29, 1.82) is 0 Å². The van der Waals surface area contributed by atoms with E-state index in [0.717, 1.165) is 30.4 Å². The minimum atomic E-state index is -0.401. The highest BCUT2D eigenvalue weighted by atomic mass is 32.2. The second kappa shape index (κ2) is 13.0. The maximum absolute atomic E-state index is 13.0. The predicted octanol–water partition coefficient (Wildman–Crippen LogP) is 6.06. The Hall–Kier alpha value is -2.97. The van der Waals surface area contributed by atoms with Crippen molar-refractivity contribution in [2.75, 3.05) is 13.7 Å². The number of hydrogen-bond acceptors (Lipinski definition) is 6. The topological polar surface area (TPSA) is 66.9 Å². The Kier molecular flexibility index (Phi) is 10.1. The number of thiocarbonyl (C=S) groups is 1.